The summed E-state index contributed by atoms with van der Waals surface area (Å²) in [6.07, 6.45) is 0. The van der Waals surface area contributed by atoms with E-state index in [0.717, 1.165) is 24.1 Å². The third kappa shape index (κ3) is 4.66. The highest BCUT2D eigenvalue weighted by molar-refractivity contribution is 9.10. The van der Waals surface area contributed by atoms with Crippen LogP contribution in [-0.2, 0) is 0 Å². The van der Waals surface area contributed by atoms with Crippen molar-refractivity contribution >= 4 is 21.6 Å². The molecule has 1 unspecified atom stereocenters. The molecule has 1 aromatic rings. The number of hydrogen-bond acceptors (Lipinski definition) is 2. The van der Waals surface area contributed by atoms with Gasteiger partial charge in [0.2, 0.25) is 0 Å². The number of anilines is 1. The van der Waals surface area contributed by atoms with Crippen molar-refractivity contribution in [3.63, 3.8) is 0 Å². The second-order valence-electron chi connectivity index (χ2n) is 4.96. The van der Waals surface area contributed by atoms with Crippen molar-refractivity contribution in [3.8, 4) is 0 Å². The Balaban J connectivity index is 2.95. The van der Waals surface area contributed by atoms with Gasteiger partial charge in [-0.15, -0.1) is 0 Å². The Morgan fingerprint density at radius 1 is 1.42 bits per heavy atom. The van der Waals surface area contributed by atoms with Crippen molar-refractivity contribution in [1.82, 2.24) is 5.32 Å². The molecule has 2 nitrogen and oxygen atoms in total. The van der Waals surface area contributed by atoms with Crippen LogP contribution in [0.5, 0.6) is 0 Å². The molecule has 19 heavy (non-hydrogen) atoms. The van der Waals surface area contributed by atoms with Crippen LogP contribution in [0.15, 0.2) is 34.8 Å². The standard InChI is InChI=1S/C16H25BrN2/c1-6-18-13(5)14-8-9-16(15(17)10-14)19(7-2)11-12(3)4/h8-10,13,18H,3,6-7,11H2,1-2,4-5H3. The topological polar surface area (TPSA) is 15.3 Å². The van der Waals surface area contributed by atoms with Gasteiger partial charge in [0.25, 0.3) is 0 Å². The van der Waals surface area contributed by atoms with E-state index >= 15 is 0 Å². The lowest BCUT2D eigenvalue weighted by molar-refractivity contribution is 0.598. The van der Waals surface area contributed by atoms with Gasteiger partial charge in [-0.2, -0.15) is 0 Å². The van der Waals surface area contributed by atoms with E-state index in [4.69, 9.17) is 0 Å². The molecule has 0 saturated heterocycles. The van der Waals surface area contributed by atoms with E-state index in [-0.39, 0.29) is 0 Å². The zero-order valence-electron chi connectivity index (χ0n) is 12.5. The van der Waals surface area contributed by atoms with Crippen molar-refractivity contribution < 1.29 is 0 Å². The molecule has 0 aromatic heterocycles. The van der Waals surface area contributed by atoms with Crippen molar-refractivity contribution in [2.75, 3.05) is 24.5 Å². The van der Waals surface area contributed by atoms with Gasteiger partial charge in [0.15, 0.2) is 0 Å². The number of likely N-dealkylation sites (N-methyl/N-ethyl adjacent to an activating group) is 1. The Kier molecular flexibility index (Phi) is 6.59. The molecule has 1 atom stereocenters. The number of rotatable bonds is 7. The minimum Gasteiger partial charge on any atom is -0.367 e. The average Bonchev–Trinajstić information content (AvgIpc) is 2.36. The molecular weight excluding hydrogens is 300 g/mol. The molecule has 0 fully saturated rings. The van der Waals surface area contributed by atoms with Crippen molar-refractivity contribution in [1.29, 1.82) is 0 Å². The van der Waals surface area contributed by atoms with E-state index in [1.165, 1.54) is 16.8 Å². The van der Waals surface area contributed by atoms with E-state index in [9.17, 15) is 0 Å². The van der Waals surface area contributed by atoms with Crippen LogP contribution in [0.25, 0.3) is 0 Å². The second-order valence-corrected chi connectivity index (χ2v) is 5.82. The summed E-state index contributed by atoms with van der Waals surface area (Å²) in [5.74, 6) is 0. The fourth-order valence-corrected chi connectivity index (χ4v) is 2.81. The smallest absolute Gasteiger partial charge is 0.0513 e. The molecule has 0 heterocycles. The molecule has 1 aromatic carbocycles. The van der Waals surface area contributed by atoms with Gasteiger partial charge in [0.1, 0.15) is 0 Å². The monoisotopic (exact) mass is 324 g/mol. The first-order valence-corrected chi connectivity index (χ1v) is 7.71. The first kappa shape index (κ1) is 16.3. The van der Waals surface area contributed by atoms with Crippen LogP contribution in [0.1, 0.15) is 39.3 Å². The average molecular weight is 325 g/mol. The van der Waals surface area contributed by atoms with Crippen LogP contribution >= 0.6 is 15.9 Å². The summed E-state index contributed by atoms with van der Waals surface area (Å²) in [6.45, 7) is 15.4. The van der Waals surface area contributed by atoms with Crippen LogP contribution < -0.4 is 10.2 Å². The summed E-state index contributed by atoms with van der Waals surface area (Å²) < 4.78 is 1.15. The van der Waals surface area contributed by atoms with Gasteiger partial charge >= 0.3 is 0 Å². The number of halogens is 1. The number of nitrogens with zero attached hydrogens (tertiary/aromatic N) is 1. The van der Waals surface area contributed by atoms with Crippen LogP contribution in [0, 0.1) is 0 Å². The van der Waals surface area contributed by atoms with Gasteiger partial charge in [0.05, 0.1) is 5.69 Å². The van der Waals surface area contributed by atoms with Gasteiger partial charge in [-0.05, 0) is 60.9 Å². The number of nitrogens with one attached hydrogen (secondary N) is 1. The largest absolute Gasteiger partial charge is 0.367 e. The Morgan fingerprint density at radius 2 is 2.11 bits per heavy atom. The van der Waals surface area contributed by atoms with Gasteiger partial charge < -0.3 is 10.2 Å². The third-order valence-corrected chi connectivity index (χ3v) is 3.80. The predicted octanol–water partition coefficient (Wildman–Crippen LogP) is 4.52. The highest BCUT2D eigenvalue weighted by atomic mass is 79.9. The molecule has 0 aliphatic carbocycles. The molecule has 0 spiro atoms. The minimum absolute atomic E-state index is 0.381. The maximum absolute atomic E-state index is 4.00. The van der Waals surface area contributed by atoms with Crippen LogP contribution in [0.4, 0.5) is 5.69 Å². The summed E-state index contributed by atoms with van der Waals surface area (Å²) in [7, 11) is 0. The van der Waals surface area contributed by atoms with E-state index in [1.54, 1.807) is 0 Å². The second kappa shape index (κ2) is 7.71. The van der Waals surface area contributed by atoms with Crippen LogP contribution in [0.3, 0.4) is 0 Å². The Hall–Kier alpha value is -0.800. The summed E-state index contributed by atoms with van der Waals surface area (Å²) in [5, 5.41) is 3.44. The Morgan fingerprint density at radius 3 is 2.58 bits per heavy atom. The molecule has 3 heteroatoms. The van der Waals surface area contributed by atoms with E-state index < -0.39 is 0 Å². The first-order chi connectivity index (χ1) is 8.99. The summed E-state index contributed by atoms with van der Waals surface area (Å²) >= 11 is 3.70. The van der Waals surface area contributed by atoms with Crippen molar-refractivity contribution in [2.24, 2.45) is 0 Å². The van der Waals surface area contributed by atoms with Gasteiger partial charge in [-0.1, -0.05) is 25.1 Å². The fourth-order valence-electron chi connectivity index (χ4n) is 2.17. The SMILES string of the molecule is C=C(C)CN(CC)c1ccc(C(C)NCC)cc1Br. The zero-order chi connectivity index (χ0) is 14.4. The summed E-state index contributed by atoms with van der Waals surface area (Å²) in [5.41, 5.74) is 3.72. The molecule has 0 aliphatic heterocycles. The van der Waals surface area contributed by atoms with Gasteiger partial charge in [0, 0.05) is 23.6 Å². The van der Waals surface area contributed by atoms with Gasteiger partial charge in [-0.25, -0.2) is 0 Å². The maximum Gasteiger partial charge on any atom is 0.0513 e. The summed E-state index contributed by atoms with van der Waals surface area (Å²) in [6, 6.07) is 6.99. The lowest BCUT2D eigenvalue weighted by atomic mass is 10.1. The van der Waals surface area contributed by atoms with Crippen LogP contribution in [-0.4, -0.2) is 19.6 Å². The predicted molar refractivity (Wildman–Crippen MR) is 88.9 cm³/mol. The molecule has 1 N–H and O–H groups in total. The highest BCUT2D eigenvalue weighted by Gasteiger charge is 2.11. The Labute approximate surface area is 126 Å². The molecule has 0 saturated carbocycles. The molecular formula is C16H25BrN2. The third-order valence-electron chi connectivity index (χ3n) is 3.17. The molecule has 1 rings (SSSR count). The quantitative estimate of drug-likeness (QED) is 0.742. The minimum atomic E-state index is 0.381. The van der Waals surface area contributed by atoms with Gasteiger partial charge in [-0.3, -0.25) is 0 Å². The fraction of sp³-hybridized carbons (Fsp3) is 0.500. The van der Waals surface area contributed by atoms with Crippen molar-refractivity contribution in [3.05, 3.63) is 40.4 Å². The number of hydrogen-bond donors (Lipinski definition) is 1. The molecule has 0 aliphatic rings. The highest BCUT2D eigenvalue weighted by Crippen LogP contribution is 2.29. The first-order valence-electron chi connectivity index (χ1n) is 6.91. The lowest BCUT2D eigenvalue weighted by Gasteiger charge is -2.25. The van der Waals surface area contributed by atoms with Crippen LogP contribution in [0.2, 0.25) is 0 Å². The normalized spacial score (nSPS) is 12.3. The van der Waals surface area contributed by atoms with Crippen molar-refractivity contribution in [2.45, 2.75) is 33.7 Å². The molecule has 0 amide bonds. The Bertz CT molecular complexity index is 429. The van der Waals surface area contributed by atoms with E-state index in [2.05, 4.69) is 78.6 Å². The summed E-state index contributed by atoms with van der Waals surface area (Å²) in [4.78, 5) is 2.33. The molecule has 106 valence electrons. The lowest BCUT2D eigenvalue weighted by Crippen LogP contribution is -2.25. The number of benzene rings is 1. The molecule has 0 bridgehead atoms. The zero-order valence-corrected chi connectivity index (χ0v) is 14.0. The van der Waals surface area contributed by atoms with E-state index in [1.807, 2.05) is 0 Å². The van der Waals surface area contributed by atoms with E-state index in [0.29, 0.717) is 6.04 Å². The maximum atomic E-state index is 4.00. The molecule has 0 radical (unpaired) electrons.